The summed E-state index contributed by atoms with van der Waals surface area (Å²) in [6.45, 7) is 4.23. The summed E-state index contributed by atoms with van der Waals surface area (Å²) in [5, 5.41) is 29.7. The normalized spacial score (nSPS) is 11.3. The van der Waals surface area contributed by atoms with Crippen LogP contribution >= 0.6 is 14.5 Å². The minimum absolute atomic E-state index is 0.151. The minimum Gasteiger partial charge on any atom is -0.508 e. The molecule has 0 aliphatic rings. The van der Waals surface area contributed by atoms with E-state index >= 15 is 0 Å². The van der Waals surface area contributed by atoms with Crippen LogP contribution in [0.5, 0.6) is 11.5 Å². The standard InChI is InChI=1S/2C24H20P.C15H16O2/c2*1-5-13-21(14-6-1)25(22-15-7-2-8-16-22,23-17-9-3-10-18-23)24-19-11-4-12-20-24;1-15(2,11-3-7-13(16)8-4-11)12-5-9-14(17)10-6-12/h2*1-20H;3-10,16-17H,1-2H3/q2*+1;. The van der Waals surface area contributed by atoms with E-state index in [1.165, 1.54) is 42.4 Å². The first-order chi connectivity index (χ1) is 32.8. The SMILES string of the molecule is CC(C)(c1ccc(O)cc1)c1ccc(O)cc1.c1ccc([P+](c2ccccc2)(c2ccccc2)c2ccccc2)cc1.c1ccc([P+](c2ccccc2)(c2ccccc2)c2ccccc2)cc1. The van der Waals surface area contributed by atoms with Crippen molar-refractivity contribution in [1.29, 1.82) is 0 Å². The summed E-state index contributed by atoms with van der Waals surface area (Å²) in [5.74, 6) is 0.547. The van der Waals surface area contributed by atoms with Crippen molar-refractivity contribution in [2.24, 2.45) is 0 Å². The lowest BCUT2D eigenvalue weighted by Crippen LogP contribution is -2.38. The van der Waals surface area contributed by atoms with Crippen molar-refractivity contribution in [2.75, 3.05) is 0 Å². The van der Waals surface area contributed by atoms with Gasteiger partial charge < -0.3 is 10.2 Å². The Labute approximate surface area is 398 Å². The van der Waals surface area contributed by atoms with E-state index in [1.54, 1.807) is 24.3 Å². The highest BCUT2D eigenvalue weighted by molar-refractivity contribution is 8.02. The molecule has 10 aromatic carbocycles. The van der Waals surface area contributed by atoms with E-state index in [4.69, 9.17) is 0 Å². The van der Waals surface area contributed by atoms with Gasteiger partial charge in [0.1, 0.15) is 68.5 Å². The molecular weight excluding hydrogens is 851 g/mol. The van der Waals surface area contributed by atoms with Crippen molar-refractivity contribution in [3.05, 3.63) is 302 Å². The van der Waals surface area contributed by atoms with Crippen LogP contribution in [0, 0.1) is 0 Å². The Morgan fingerprint density at radius 3 is 0.522 bits per heavy atom. The lowest BCUT2D eigenvalue weighted by Gasteiger charge is -2.27. The van der Waals surface area contributed by atoms with Gasteiger partial charge in [-0.05, 0) is 132 Å². The summed E-state index contributed by atoms with van der Waals surface area (Å²) in [5.41, 5.74) is 2.10. The molecule has 4 heteroatoms. The van der Waals surface area contributed by atoms with Crippen LogP contribution in [0.15, 0.2) is 291 Å². The second-order valence-electron chi connectivity index (χ2n) is 16.7. The van der Waals surface area contributed by atoms with Crippen molar-refractivity contribution in [3.8, 4) is 11.5 Å². The number of rotatable bonds is 10. The zero-order valence-corrected chi connectivity index (χ0v) is 39.8. The molecule has 10 aromatic rings. The second-order valence-corrected chi connectivity index (χ2v) is 23.6. The smallest absolute Gasteiger partial charge is 0.144 e. The molecule has 0 bridgehead atoms. The van der Waals surface area contributed by atoms with E-state index < -0.39 is 14.5 Å². The number of aromatic hydroxyl groups is 2. The summed E-state index contributed by atoms with van der Waals surface area (Å²) in [4.78, 5) is 0. The lowest BCUT2D eigenvalue weighted by atomic mass is 9.78. The van der Waals surface area contributed by atoms with Crippen molar-refractivity contribution < 1.29 is 10.2 Å². The fourth-order valence-electron chi connectivity index (χ4n) is 8.92. The zero-order valence-electron chi connectivity index (χ0n) is 38.0. The predicted octanol–water partition coefficient (Wildman–Crippen LogP) is 12.0. The Morgan fingerprint density at radius 1 is 0.224 bits per heavy atom. The predicted molar refractivity (Wildman–Crippen MR) is 291 cm³/mol. The van der Waals surface area contributed by atoms with Gasteiger partial charge in [-0.3, -0.25) is 0 Å². The number of benzene rings is 10. The Bertz CT molecular complexity index is 2450. The minimum atomic E-state index is -1.91. The van der Waals surface area contributed by atoms with Crippen molar-refractivity contribution in [2.45, 2.75) is 19.3 Å². The number of phenolic OH excluding ortho intramolecular Hbond substituents is 2. The van der Waals surface area contributed by atoms with Crippen LogP contribution in [0.2, 0.25) is 0 Å². The Kier molecular flexibility index (Phi) is 15.0. The van der Waals surface area contributed by atoms with Crippen LogP contribution in [0.1, 0.15) is 25.0 Å². The fraction of sp³-hybridized carbons (Fsp3) is 0.0476. The molecule has 67 heavy (non-hydrogen) atoms. The maximum absolute atomic E-state index is 9.30. The van der Waals surface area contributed by atoms with Gasteiger partial charge in [0.05, 0.1) is 0 Å². The largest absolute Gasteiger partial charge is 0.508 e. The van der Waals surface area contributed by atoms with Crippen molar-refractivity contribution in [3.63, 3.8) is 0 Å². The molecule has 0 aliphatic heterocycles. The van der Waals surface area contributed by atoms with Crippen LogP contribution < -0.4 is 42.4 Å². The van der Waals surface area contributed by atoms with Crippen LogP contribution in [0.3, 0.4) is 0 Å². The molecule has 0 aromatic heterocycles. The maximum Gasteiger partial charge on any atom is 0.144 e. The average Bonchev–Trinajstić information content (AvgIpc) is 3.40. The summed E-state index contributed by atoms with van der Waals surface area (Å²) in [7, 11) is -3.81. The van der Waals surface area contributed by atoms with Gasteiger partial charge in [0.15, 0.2) is 0 Å². The second kappa shape index (κ2) is 21.8. The van der Waals surface area contributed by atoms with Gasteiger partial charge >= 0.3 is 0 Å². The molecule has 0 atom stereocenters. The highest BCUT2D eigenvalue weighted by Gasteiger charge is 2.48. The topological polar surface area (TPSA) is 40.5 Å². The molecule has 2 N–H and O–H groups in total. The summed E-state index contributed by atoms with van der Waals surface area (Å²) in [6, 6.07) is 102. The first-order valence-electron chi connectivity index (χ1n) is 22.7. The molecule has 0 spiro atoms. The molecule has 10 rings (SSSR count). The van der Waals surface area contributed by atoms with E-state index in [0.29, 0.717) is 0 Å². The highest BCUT2D eigenvalue weighted by Crippen LogP contribution is 2.55. The molecule has 0 saturated heterocycles. The Morgan fingerprint density at radius 2 is 0.373 bits per heavy atom. The van der Waals surface area contributed by atoms with Gasteiger partial charge in [-0.15, -0.1) is 0 Å². The van der Waals surface area contributed by atoms with Gasteiger partial charge in [0, 0.05) is 5.41 Å². The van der Waals surface area contributed by atoms with E-state index in [2.05, 4.69) is 257 Å². The molecule has 0 heterocycles. The van der Waals surface area contributed by atoms with E-state index in [-0.39, 0.29) is 16.9 Å². The lowest BCUT2D eigenvalue weighted by molar-refractivity contribution is 0.474. The molecular formula is C63H56O2P2+2. The van der Waals surface area contributed by atoms with Gasteiger partial charge in [-0.25, -0.2) is 0 Å². The molecule has 0 saturated carbocycles. The number of phenols is 2. The van der Waals surface area contributed by atoms with Gasteiger partial charge in [-0.1, -0.05) is 184 Å². The summed E-state index contributed by atoms with van der Waals surface area (Å²) < 4.78 is 0. The summed E-state index contributed by atoms with van der Waals surface area (Å²) in [6.07, 6.45) is 0. The molecule has 2 nitrogen and oxygen atoms in total. The third-order valence-corrected chi connectivity index (χ3v) is 20.9. The molecule has 0 radical (unpaired) electrons. The van der Waals surface area contributed by atoms with Crippen molar-refractivity contribution in [1.82, 2.24) is 0 Å². The van der Waals surface area contributed by atoms with E-state index in [9.17, 15) is 10.2 Å². The van der Waals surface area contributed by atoms with Crippen LogP contribution in [0.25, 0.3) is 0 Å². The van der Waals surface area contributed by atoms with Crippen LogP contribution in [0.4, 0.5) is 0 Å². The third kappa shape index (κ3) is 10.1. The molecule has 328 valence electrons. The molecule has 0 unspecified atom stereocenters. The van der Waals surface area contributed by atoms with Gasteiger partial charge in [-0.2, -0.15) is 0 Å². The highest BCUT2D eigenvalue weighted by atomic mass is 31.2. The monoisotopic (exact) mass is 906 g/mol. The maximum atomic E-state index is 9.30. The zero-order chi connectivity index (χ0) is 46.4. The van der Waals surface area contributed by atoms with Crippen LogP contribution in [-0.2, 0) is 5.41 Å². The third-order valence-electron chi connectivity index (χ3n) is 12.3. The molecule has 0 fully saturated rings. The van der Waals surface area contributed by atoms with E-state index in [1.807, 2.05) is 24.3 Å². The molecule has 0 aliphatic carbocycles. The first-order valence-corrected chi connectivity index (χ1v) is 26.2. The Hall–Kier alpha value is -7.34. The summed E-state index contributed by atoms with van der Waals surface area (Å²) >= 11 is 0. The van der Waals surface area contributed by atoms with Gasteiger partial charge in [0.25, 0.3) is 0 Å². The number of hydrogen-bond donors (Lipinski definition) is 2. The Balaban J connectivity index is 0.000000139. The quantitative estimate of drug-likeness (QED) is 0.134. The number of hydrogen-bond acceptors (Lipinski definition) is 2. The van der Waals surface area contributed by atoms with E-state index in [0.717, 1.165) is 11.1 Å². The molecule has 0 amide bonds. The first kappa shape index (κ1) is 46.2. The average molecular weight is 907 g/mol. The van der Waals surface area contributed by atoms with Crippen LogP contribution in [-0.4, -0.2) is 10.2 Å². The van der Waals surface area contributed by atoms with Crippen molar-refractivity contribution >= 4 is 57.0 Å². The fourth-order valence-corrected chi connectivity index (χ4v) is 17.5. The van der Waals surface area contributed by atoms with Gasteiger partial charge in [0.2, 0.25) is 0 Å².